The summed E-state index contributed by atoms with van der Waals surface area (Å²) in [7, 11) is 0. The van der Waals surface area contributed by atoms with Gasteiger partial charge in [0.2, 0.25) is 0 Å². The number of nitrogens with zero attached hydrogens (tertiary/aromatic N) is 1. The average molecular weight is 258 g/mol. The van der Waals surface area contributed by atoms with E-state index in [0.717, 1.165) is 0 Å². The summed E-state index contributed by atoms with van der Waals surface area (Å²) in [6.07, 6.45) is -0.575. The largest absolute Gasteiger partial charge is 0.386 e. The second kappa shape index (κ2) is 4.91. The lowest BCUT2D eigenvalue weighted by Crippen LogP contribution is -2.03. The number of hydrogen-bond acceptors (Lipinski definition) is 3. The van der Waals surface area contributed by atoms with Crippen molar-refractivity contribution >= 4 is 22.9 Å². The monoisotopic (exact) mass is 257 g/mol. The predicted molar refractivity (Wildman–Crippen MR) is 62.2 cm³/mol. The Morgan fingerprint density at radius 1 is 1.50 bits per heavy atom. The highest BCUT2D eigenvalue weighted by molar-refractivity contribution is 7.07. The van der Waals surface area contributed by atoms with Crippen LogP contribution in [0.15, 0.2) is 29.1 Å². The maximum Gasteiger partial charge on any atom is 0.127 e. The van der Waals surface area contributed by atoms with Crippen molar-refractivity contribution < 1.29 is 9.50 Å². The van der Waals surface area contributed by atoms with Gasteiger partial charge in [0.05, 0.1) is 11.2 Å². The van der Waals surface area contributed by atoms with Crippen LogP contribution in [0.1, 0.15) is 17.4 Å². The molecule has 0 spiro atoms. The summed E-state index contributed by atoms with van der Waals surface area (Å²) in [5.41, 5.74) is 2.64. The molecule has 0 saturated heterocycles. The maximum atomic E-state index is 13.4. The molecule has 84 valence electrons. The Morgan fingerprint density at radius 3 is 2.94 bits per heavy atom. The van der Waals surface area contributed by atoms with Gasteiger partial charge in [-0.25, -0.2) is 9.37 Å². The van der Waals surface area contributed by atoms with Crippen LogP contribution in [-0.4, -0.2) is 10.1 Å². The molecule has 1 aromatic heterocycles. The van der Waals surface area contributed by atoms with Crippen molar-refractivity contribution in [2.75, 3.05) is 0 Å². The molecular weight excluding hydrogens is 249 g/mol. The van der Waals surface area contributed by atoms with Gasteiger partial charge in [-0.05, 0) is 17.7 Å². The molecule has 2 rings (SSSR count). The molecule has 0 saturated carbocycles. The van der Waals surface area contributed by atoms with E-state index in [9.17, 15) is 9.50 Å². The van der Waals surface area contributed by atoms with Gasteiger partial charge in [-0.15, -0.1) is 11.3 Å². The fourth-order valence-corrected chi connectivity index (χ4v) is 2.15. The molecule has 0 aliphatic heterocycles. The first-order valence-corrected chi connectivity index (χ1v) is 5.99. The fourth-order valence-electron chi connectivity index (χ4n) is 1.39. The Bertz CT molecular complexity index is 475. The van der Waals surface area contributed by atoms with E-state index in [0.29, 0.717) is 16.3 Å². The smallest absolute Gasteiger partial charge is 0.127 e. The van der Waals surface area contributed by atoms with E-state index in [-0.39, 0.29) is 6.42 Å². The van der Waals surface area contributed by atoms with Gasteiger partial charge in [-0.1, -0.05) is 17.7 Å². The van der Waals surface area contributed by atoms with Crippen LogP contribution in [0, 0.1) is 5.82 Å². The number of aliphatic hydroxyl groups excluding tert-OH is 1. The first-order valence-electron chi connectivity index (χ1n) is 4.67. The van der Waals surface area contributed by atoms with E-state index in [1.54, 1.807) is 23.0 Å². The number of aliphatic hydroxyl groups is 1. The van der Waals surface area contributed by atoms with Crippen molar-refractivity contribution in [2.24, 2.45) is 0 Å². The Morgan fingerprint density at radius 2 is 2.31 bits per heavy atom. The zero-order valence-electron chi connectivity index (χ0n) is 8.23. The second-order valence-corrected chi connectivity index (χ2v) is 4.52. The highest BCUT2D eigenvalue weighted by atomic mass is 35.5. The number of aromatic nitrogens is 1. The summed E-state index contributed by atoms with van der Waals surface area (Å²) < 4.78 is 13.4. The standard InChI is InChI=1S/C11H9ClFNOS/c12-8-2-1-7(9(13)4-8)3-11(15)10-5-16-6-14-10/h1-2,4-6,11,15H,3H2. The molecule has 16 heavy (non-hydrogen) atoms. The van der Waals surface area contributed by atoms with Crippen LogP contribution in [-0.2, 0) is 6.42 Å². The Labute approximate surface area is 101 Å². The van der Waals surface area contributed by atoms with Crippen molar-refractivity contribution in [2.45, 2.75) is 12.5 Å². The van der Waals surface area contributed by atoms with Gasteiger partial charge in [-0.2, -0.15) is 0 Å². The van der Waals surface area contributed by atoms with E-state index >= 15 is 0 Å². The van der Waals surface area contributed by atoms with Crippen molar-refractivity contribution in [1.82, 2.24) is 4.98 Å². The van der Waals surface area contributed by atoms with Gasteiger partial charge in [0.25, 0.3) is 0 Å². The normalized spacial score (nSPS) is 12.7. The third-order valence-corrected chi connectivity index (χ3v) is 3.06. The van der Waals surface area contributed by atoms with E-state index in [1.807, 2.05) is 0 Å². The molecule has 1 unspecified atom stereocenters. The third-order valence-electron chi connectivity index (χ3n) is 2.22. The second-order valence-electron chi connectivity index (χ2n) is 3.37. The molecule has 0 amide bonds. The number of halogens is 2. The van der Waals surface area contributed by atoms with Crippen LogP contribution in [0.4, 0.5) is 4.39 Å². The zero-order chi connectivity index (χ0) is 11.5. The fraction of sp³-hybridized carbons (Fsp3) is 0.182. The summed E-state index contributed by atoms with van der Waals surface area (Å²) in [5, 5.41) is 11.9. The molecule has 1 atom stereocenters. The van der Waals surface area contributed by atoms with Crippen molar-refractivity contribution in [3.63, 3.8) is 0 Å². The van der Waals surface area contributed by atoms with Gasteiger partial charge >= 0.3 is 0 Å². The summed E-state index contributed by atoms with van der Waals surface area (Å²) in [6.45, 7) is 0. The molecule has 1 N–H and O–H groups in total. The lowest BCUT2D eigenvalue weighted by molar-refractivity contribution is 0.173. The molecule has 2 aromatic rings. The first kappa shape index (κ1) is 11.5. The molecular formula is C11H9ClFNOS. The molecule has 0 aliphatic rings. The molecule has 0 radical (unpaired) electrons. The number of hydrogen-bond donors (Lipinski definition) is 1. The average Bonchev–Trinajstić information content (AvgIpc) is 2.75. The van der Waals surface area contributed by atoms with Crippen molar-refractivity contribution in [1.29, 1.82) is 0 Å². The van der Waals surface area contributed by atoms with E-state index in [2.05, 4.69) is 4.98 Å². The molecule has 2 nitrogen and oxygen atoms in total. The van der Waals surface area contributed by atoms with Gasteiger partial charge in [0.15, 0.2) is 0 Å². The lowest BCUT2D eigenvalue weighted by atomic mass is 10.1. The minimum absolute atomic E-state index is 0.201. The third kappa shape index (κ3) is 2.58. The van der Waals surface area contributed by atoms with Crippen LogP contribution in [0.25, 0.3) is 0 Å². The lowest BCUT2D eigenvalue weighted by Gasteiger charge is -2.08. The Kier molecular flexibility index (Phi) is 3.53. The zero-order valence-corrected chi connectivity index (χ0v) is 9.80. The number of benzene rings is 1. The molecule has 0 aliphatic carbocycles. The van der Waals surface area contributed by atoms with E-state index in [4.69, 9.17) is 11.6 Å². The molecule has 1 aromatic carbocycles. The van der Waals surface area contributed by atoms with Crippen LogP contribution in [0.3, 0.4) is 0 Å². The van der Waals surface area contributed by atoms with E-state index < -0.39 is 11.9 Å². The van der Waals surface area contributed by atoms with Crippen LogP contribution < -0.4 is 0 Å². The number of thiazole rings is 1. The van der Waals surface area contributed by atoms with Crippen LogP contribution in [0.5, 0.6) is 0 Å². The predicted octanol–water partition coefficient (Wildman–Crippen LogP) is 3.21. The highest BCUT2D eigenvalue weighted by Gasteiger charge is 2.13. The first-order chi connectivity index (χ1) is 7.66. The van der Waals surface area contributed by atoms with Crippen molar-refractivity contribution in [3.05, 3.63) is 51.2 Å². The van der Waals surface area contributed by atoms with Gasteiger partial charge in [0, 0.05) is 16.8 Å². The highest BCUT2D eigenvalue weighted by Crippen LogP contribution is 2.21. The molecule has 1 heterocycles. The Hall–Kier alpha value is -0.970. The summed E-state index contributed by atoms with van der Waals surface area (Å²) in [6, 6.07) is 4.42. The van der Waals surface area contributed by atoms with Crippen molar-refractivity contribution in [3.8, 4) is 0 Å². The quantitative estimate of drug-likeness (QED) is 0.916. The number of rotatable bonds is 3. The van der Waals surface area contributed by atoms with Gasteiger partial charge in [0.1, 0.15) is 11.9 Å². The SMILES string of the molecule is OC(Cc1ccc(Cl)cc1F)c1cscn1. The Balaban J connectivity index is 2.15. The summed E-state index contributed by atoms with van der Waals surface area (Å²) in [5.74, 6) is -0.401. The van der Waals surface area contributed by atoms with E-state index in [1.165, 1.54) is 17.4 Å². The maximum absolute atomic E-state index is 13.4. The van der Waals surface area contributed by atoms with Gasteiger partial charge in [-0.3, -0.25) is 0 Å². The van der Waals surface area contributed by atoms with Crippen LogP contribution in [0.2, 0.25) is 5.02 Å². The van der Waals surface area contributed by atoms with Gasteiger partial charge < -0.3 is 5.11 Å². The molecule has 0 bridgehead atoms. The molecule has 0 fully saturated rings. The minimum Gasteiger partial charge on any atom is -0.386 e. The summed E-state index contributed by atoms with van der Waals surface area (Å²) >= 11 is 7.04. The molecule has 5 heteroatoms. The minimum atomic E-state index is -0.776. The van der Waals surface area contributed by atoms with Crippen LogP contribution >= 0.6 is 22.9 Å². The topological polar surface area (TPSA) is 33.1 Å². The summed E-state index contributed by atoms with van der Waals surface area (Å²) in [4.78, 5) is 3.98.